The van der Waals surface area contributed by atoms with Gasteiger partial charge in [-0.2, -0.15) is 4.40 Å². The maximum Gasteiger partial charge on any atom is 0.331 e. The summed E-state index contributed by atoms with van der Waals surface area (Å²) in [7, 11) is 0. The van der Waals surface area contributed by atoms with Crippen LogP contribution in [0.5, 0.6) is 0 Å². The van der Waals surface area contributed by atoms with E-state index in [9.17, 15) is 10.1 Å². The molecule has 0 radical (unpaired) electrons. The lowest BCUT2D eigenvalue weighted by Crippen LogP contribution is -1.96. The molecule has 0 aliphatic heterocycles. The van der Waals surface area contributed by atoms with Crippen LogP contribution in [0.2, 0.25) is 0 Å². The lowest BCUT2D eigenvalue weighted by atomic mass is 10.2. The molecule has 0 saturated carbocycles. The molecule has 72 valence electrons. The molecule has 0 spiro atoms. The van der Waals surface area contributed by atoms with E-state index in [-0.39, 0.29) is 10.7 Å². The fourth-order valence-corrected chi connectivity index (χ4v) is 1.63. The first-order chi connectivity index (χ1) is 6.74. The molecule has 0 amide bonds. The van der Waals surface area contributed by atoms with Gasteiger partial charge < -0.3 is 10.1 Å². The minimum Gasteiger partial charge on any atom is -0.358 e. The van der Waals surface area contributed by atoms with E-state index in [4.69, 9.17) is 0 Å². The molecule has 14 heavy (non-hydrogen) atoms. The Kier molecular flexibility index (Phi) is 1.96. The van der Waals surface area contributed by atoms with Crippen molar-refractivity contribution >= 4 is 11.3 Å². The molecular weight excluding hydrogens is 180 g/mol. The van der Waals surface area contributed by atoms with E-state index >= 15 is 0 Å². The van der Waals surface area contributed by atoms with E-state index < -0.39 is 0 Å². The Labute approximate surface area is 80.9 Å². The Morgan fingerprint density at radius 3 is 2.93 bits per heavy atom. The number of hydrogen-bond acceptors (Lipinski definition) is 2. The fourth-order valence-electron chi connectivity index (χ4n) is 1.63. The molecule has 2 aromatic heterocycles. The summed E-state index contributed by atoms with van der Waals surface area (Å²) in [6.45, 7) is 1.92. The summed E-state index contributed by atoms with van der Waals surface area (Å²) >= 11 is 0. The van der Waals surface area contributed by atoms with Crippen molar-refractivity contribution in [2.45, 2.75) is 13.3 Å². The maximum atomic E-state index is 10.8. The van der Waals surface area contributed by atoms with Crippen molar-refractivity contribution in [2.75, 3.05) is 0 Å². The van der Waals surface area contributed by atoms with Gasteiger partial charge in [0, 0.05) is 0 Å². The molecule has 0 aliphatic rings. The van der Waals surface area contributed by atoms with Crippen molar-refractivity contribution in [3.8, 4) is 0 Å². The van der Waals surface area contributed by atoms with E-state index in [1.165, 1.54) is 0 Å². The van der Waals surface area contributed by atoms with Crippen molar-refractivity contribution in [2.24, 2.45) is 0 Å². The number of rotatable bonds is 2. The number of aryl methyl sites for hydroxylation is 1. The Balaban J connectivity index is 2.81. The van der Waals surface area contributed by atoms with Crippen LogP contribution in [0.25, 0.3) is 5.52 Å². The van der Waals surface area contributed by atoms with Crippen LogP contribution in [0.3, 0.4) is 0 Å². The summed E-state index contributed by atoms with van der Waals surface area (Å²) in [6, 6.07) is 7.39. The van der Waals surface area contributed by atoms with Gasteiger partial charge in [-0.15, -0.1) is 0 Å². The molecule has 0 N–H and O–H groups in total. The van der Waals surface area contributed by atoms with E-state index in [0.29, 0.717) is 6.42 Å². The average molecular weight is 190 g/mol. The van der Waals surface area contributed by atoms with Gasteiger partial charge >= 0.3 is 5.82 Å². The topological polar surface area (TPSA) is 47.5 Å². The Morgan fingerprint density at radius 2 is 2.29 bits per heavy atom. The first-order valence-electron chi connectivity index (χ1n) is 4.47. The zero-order chi connectivity index (χ0) is 10.1. The normalized spacial score (nSPS) is 10.6. The lowest BCUT2D eigenvalue weighted by molar-refractivity contribution is -0.390. The largest absolute Gasteiger partial charge is 0.358 e. The highest BCUT2D eigenvalue weighted by Gasteiger charge is 2.17. The van der Waals surface area contributed by atoms with Crippen molar-refractivity contribution in [1.82, 2.24) is 4.40 Å². The van der Waals surface area contributed by atoms with Gasteiger partial charge in [-0.25, -0.2) is 0 Å². The van der Waals surface area contributed by atoms with Crippen LogP contribution >= 0.6 is 0 Å². The molecule has 2 aromatic rings. The van der Waals surface area contributed by atoms with Crippen molar-refractivity contribution in [3.05, 3.63) is 46.1 Å². The maximum absolute atomic E-state index is 10.8. The SMILES string of the molecule is CCc1cc2ccccn2c1[N+](=O)[O-]. The second-order valence-electron chi connectivity index (χ2n) is 3.10. The van der Waals surface area contributed by atoms with Gasteiger partial charge in [-0.3, -0.25) is 0 Å². The second kappa shape index (κ2) is 3.14. The number of fused-ring (bicyclic) bond motifs is 1. The first-order valence-corrected chi connectivity index (χ1v) is 4.47. The molecule has 0 aromatic carbocycles. The van der Waals surface area contributed by atoms with Gasteiger partial charge in [0.2, 0.25) is 0 Å². The van der Waals surface area contributed by atoms with Crippen LogP contribution in [-0.4, -0.2) is 9.32 Å². The molecule has 2 rings (SSSR count). The van der Waals surface area contributed by atoms with Gasteiger partial charge in [0.05, 0.1) is 11.8 Å². The van der Waals surface area contributed by atoms with Crippen molar-refractivity contribution < 1.29 is 4.92 Å². The number of nitro groups is 1. The number of pyridine rings is 1. The van der Waals surface area contributed by atoms with Gasteiger partial charge in [0.15, 0.2) is 0 Å². The highest BCUT2D eigenvalue weighted by Crippen LogP contribution is 2.23. The average Bonchev–Trinajstić information content (AvgIpc) is 2.55. The molecule has 0 aliphatic carbocycles. The van der Waals surface area contributed by atoms with Crippen molar-refractivity contribution in [1.29, 1.82) is 0 Å². The predicted octanol–water partition coefficient (Wildman–Crippen LogP) is 2.41. The Bertz CT molecular complexity index is 488. The van der Waals surface area contributed by atoms with Crippen molar-refractivity contribution in [3.63, 3.8) is 0 Å². The summed E-state index contributed by atoms with van der Waals surface area (Å²) in [5.74, 6) is 0.183. The highest BCUT2D eigenvalue weighted by atomic mass is 16.6. The van der Waals surface area contributed by atoms with Gasteiger partial charge in [0.25, 0.3) is 0 Å². The molecule has 0 atom stereocenters. The number of nitrogens with zero attached hydrogens (tertiary/aromatic N) is 2. The van der Waals surface area contributed by atoms with Crippen LogP contribution in [0, 0.1) is 10.1 Å². The smallest absolute Gasteiger partial charge is 0.331 e. The van der Waals surface area contributed by atoms with Crippen LogP contribution in [0.4, 0.5) is 5.82 Å². The molecule has 0 fully saturated rings. The van der Waals surface area contributed by atoms with E-state index in [1.807, 2.05) is 25.1 Å². The van der Waals surface area contributed by atoms with E-state index in [1.54, 1.807) is 16.7 Å². The summed E-state index contributed by atoms with van der Waals surface area (Å²) in [5, 5.41) is 10.8. The van der Waals surface area contributed by atoms with E-state index in [0.717, 1.165) is 11.1 Å². The third kappa shape index (κ3) is 1.16. The van der Waals surface area contributed by atoms with Crippen LogP contribution in [0.15, 0.2) is 30.5 Å². The minimum atomic E-state index is -0.328. The summed E-state index contributed by atoms with van der Waals surface area (Å²) in [6.07, 6.45) is 2.39. The summed E-state index contributed by atoms with van der Waals surface area (Å²) in [4.78, 5) is 10.5. The van der Waals surface area contributed by atoms with Gasteiger partial charge in [0.1, 0.15) is 5.52 Å². The third-order valence-corrected chi connectivity index (χ3v) is 2.28. The first kappa shape index (κ1) is 8.74. The van der Waals surface area contributed by atoms with Crippen LogP contribution < -0.4 is 0 Å². The van der Waals surface area contributed by atoms with Gasteiger partial charge in [-0.1, -0.05) is 13.0 Å². The molecular formula is C10H10N2O2. The Hall–Kier alpha value is -1.84. The summed E-state index contributed by atoms with van der Waals surface area (Å²) < 4.78 is 1.61. The lowest BCUT2D eigenvalue weighted by Gasteiger charge is -1.96. The molecule has 0 saturated heterocycles. The predicted molar refractivity (Wildman–Crippen MR) is 53.4 cm³/mol. The summed E-state index contributed by atoms with van der Waals surface area (Å²) in [5.41, 5.74) is 1.65. The van der Waals surface area contributed by atoms with Crippen LogP contribution in [0.1, 0.15) is 12.5 Å². The monoisotopic (exact) mass is 190 g/mol. The minimum absolute atomic E-state index is 0.183. The molecule has 0 unspecified atom stereocenters. The second-order valence-corrected chi connectivity index (χ2v) is 3.10. The van der Waals surface area contributed by atoms with E-state index in [2.05, 4.69) is 0 Å². The molecule has 2 heterocycles. The molecule has 4 heteroatoms. The third-order valence-electron chi connectivity index (χ3n) is 2.28. The Morgan fingerprint density at radius 1 is 1.50 bits per heavy atom. The zero-order valence-electron chi connectivity index (χ0n) is 7.80. The van der Waals surface area contributed by atoms with Gasteiger partial charge in [-0.05, 0) is 29.5 Å². The highest BCUT2D eigenvalue weighted by molar-refractivity contribution is 5.58. The number of hydrogen-bond donors (Lipinski definition) is 0. The molecule has 0 bridgehead atoms. The standard InChI is InChI=1S/C10H10N2O2/c1-2-8-7-9-5-3-4-6-11(9)10(8)12(13)14/h3-7H,2H2,1H3. The zero-order valence-corrected chi connectivity index (χ0v) is 7.80. The molecule has 4 nitrogen and oxygen atoms in total. The van der Waals surface area contributed by atoms with Crippen LogP contribution in [-0.2, 0) is 6.42 Å². The number of aromatic nitrogens is 1. The fraction of sp³-hybridized carbons (Fsp3) is 0.200. The quantitative estimate of drug-likeness (QED) is 0.539.